The molecule has 1 aromatic carbocycles. The van der Waals surface area contributed by atoms with E-state index in [9.17, 15) is 4.79 Å². The number of carboxylic acid groups (broad SMARTS) is 1. The molecule has 0 aromatic heterocycles. The Kier molecular flexibility index (Phi) is 3.03. The van der Waals surface area contributed by atoms with E-state index in [-0.39, 0.29) is 11.1 Å². The molecular weight excluding hydrogens is 178 g/mol. The van der Waals surface area contributed by atoms with Crippen LogP contribution in [0.5, 0.6) is 0 Å². The van der Waals surface area contributed by atoms with Gasteiger partial charge in [-0.25, -0.2) is 4.79 Å². The molecule has 0 aliphatic rings. The van der Waals surface area contributed by atoms with E-state index in [2.05, 4.69) is 6.58 Å². The van der Waals surface area contributed by atoms with Crippen LogP contribution >= 0.6 is 0 Å². The number of carbonyl (C=O) groups is 1. The van der Waals surface area contributed by atoms with E-state index < -0.39 is 5.97 Å². The molecule has 0 heterocycles. The second-order valence-electron chi connectivity index (χ2n) is 2.79. The van der Waals surface area contributed by atoms with Crippen LogP contribution in [0.3, 0.4) is 0 Å². The summed E-state index contributed by atoms with van der Waals surface area (Å²) in [5.74, 6) is -1.08. The first-order chi connectivity index (χ1) is 6.69. The summed E-state index contributed by atoms with van der Waals surface area (Å²) in [4.78, 5) is 10.7. The quantitative estimate of drug-likeness (QED) is 0.736. The minimum Gasteiger partial charge on any atom is -0.478 e. The number of hydrogen-bond acceptors (Lipinski definition) is 2. The molecule has 0 spiro atoms. The van der Waals surface area contributed by atoms with Gasteiger partial charge in [-0.15, -0.1) is 6.58 Å². The van der Waals surface area contributed by atoms with Crippen LogP contribution in [0.2, 0.25) is 0 Å². The number of rotatable bonds is 3. The van der Waals surface area contributed by atoms with Crippen molar-refractivity contribution < 1.29 is 9.90 Å². The van der Waals surface area contributed by atoms with Gasteiger partial charge in [0.05, 0.1) is 11.1 Å². The molecule has 0 amide bonds. The minimum absolute atomic E-state index is 0.0420. The fraction of sp³-hybridized carbons (Fsp3) is 0.0909. The molecule has 1 N–H and O–H groups in total. The summed E-state index contributed by atoms with van der Waals surface area (Å²) in [7, 11) is 0. The van der Waals surface area contributed by atoms with Crippen molar-refractivity contribution in [3.8, 4) is 6.07 Å². The molecule has 0 saturated heterocycles. The minimum atomic E-state index is -1.08. The second-order valence-corrected chi connectivity index (χ2v) is 2.79. The number of carboxylic acids is 1. The van der Waals surface area contributed by atoms with Gasteiger partial charge in [0.15, 0.2) is 0 Å². The van der Waals surface area contributed by atoms with Crippen molar-refractivity contribution in [1.29, 1.82) is 5.26 Å². The lowest BCUT2D eigenvalue weighted by Gasteiger charge is -2.00. The molecule has 0 fully saturated rings. The number of aromatic carboxylic acids is 1. The zero-order valence-electron chi connectivity index (χ0n) is 7.53. The summed E-state index contributed by atoms with van der Waals surface area (Å²) in [5.41, 5.74) is 1.12. The lowest BCUT2D eigenvalue weighted by molar-refractivity contribution is 0.0696. The van der Waals surface area contributed by atoms with E-state index in [1.165, 1.54) is 6.07 Å². The molecule has 0 unspecified atom stereocenters. The fourth-order valence-electron chi connectivity index (χ4n) is 1.16. The van der Waals surface area contributed by atoms with Crippen molar-refractivity contribution in [2.24, 2.45) is 0 Å². The van der Waals surface area contributed by atoms with E-state index in [0.29, 0.717) is 6.42 Å². The summed E-state index contributed by atoms with van der Waals surface area (Å²) in [5, 5.41) is 17.5. The van der Waals surface area contributed by atoms with Crippen LogP contribution in [-0.2, 0) is 6.42 Å². The van der Waals surface area contributed by atoms with Gasteiger partial charge in [-0.05, 0) is 24.1 Å². The molecule has 14 heavy (non-hydrogen) atoms. The third-order valence-electron chi connectivity index (χ3n) is 1.81. The van der Waals surface area contributed by atoms with Crippen LogP contribution in [0.15, 0.2) is 30.9 Å². The van der Waals surface area contributed by atoms with Crippen molar-refractivity contribution in [2.75, 3.05) is 0 Å². The zero-order valence-corrected chi connectivity index (χ0v) is 7.53. The highest BCUT2D eigenvalue weighted by Crippen LogP contribution is 2.12. The summed E-state index contributed by atoms with van der Waals surface area (Å²) in [6.45, 7) is 3.57. The lowest BCUT2D eigenvalue weighted by atomic mass is 10.0. The molecule has 0 bridgehead atoms. The standard InChI is InChI=1S/C11H9NO2/c1-2-3-8-4-5-10(11(13)14)9(6-8)7-12/h2,4-6H,1,3H2,(H,13,14). The van der Waals surface area contributed by atoms with Gasteiger partial charge >= 0.3 is 5.97 Å². The molecule has 3 heteroatoms. The molecule has 0 aliphatic heterocycles. The maximum atomic E-state index is 10.7. The molecule has 3 nitrogen and oxygen atoms in total. The Balaban J connectivity index is 3.19. The maximum absolute atomic E-state index is 10.7. The first-order valence-corrected chi connectivity index (χ1v) is 4.06. The number of benzene rings is 1. The van der Waals surface area contributed by atoms with Crippen molar-refractivity contribution in [1.82, 2.24) is 0 Å². The highest BCUT2D eigenvalue weighted by molar-refractivity contribution is 5.90. The Bertz CT molecular complexity index is 416. The van der Waals surface area contributed by atoms with Crippen molar-refractivity contribution >= 4 is 5.97 Å². The van der Waals surface area contributed by atoms with Crippen LogP contribution in [0.4, 0.5) is 0 Å². The van der Waals surface area contributed by atoms with E-state index in [0.717, 1.165) is 5.56 Å². The second kappa shape index (κ2) is 4.24. The first-order valence-electron chi connectivity index (χ1n) is 4.06. The molecular formula is C11H9NO2. The predicted octanol–water partition coefficient (Wildman–Crippen LogP) is 1.98. The van der Waals surface area contributed by atoms with Crippen molar-refractivity contribution in [3.05, 3.63) is 47.5 Å². The van der Waals surface area contributed by atoms with Gasteiger partial charge in [0.25, 0.3) is 0 Å². The number of allylic oxidation sites excluding steroid dienone is 1. The SMILES string of the molecule is C=CCc1ccc(C(=O)O)c(C#N)c1. The molecule has 0 saturated carbocycles. The Morgan fingerprint density at radius 1 is 1.64 bits per heavy atom. The van der Waals surface area contributed by atoms with Gasteiger partial charge in [-0.2, -0.15) is 5.26 Å². The number of nitrogens with zero attached hydrogens (tertiary/aromatic N) is 1. The van der Waals surface area contributed by atoms with Crippen LogP contribution in [0.1, 0.15) is 21.5 Å². The monoisotopic (exact) mass is 187 g/mol. The largest absolute Gasteiger partial charge is 0.478 e. The molecule has 1 rings (SSSR count). The van der Waals surface area contributed by atoms with Gasteiger partial charge in [0, 0.05) is 0 Å². The third-order valence-corrected chi connectivity index (χ3v) is 1.81. The van der Waals surface area contributed by atoms with Crippen LogP contribution < -0.4 is 0 Å². The van der Waals surface area contributed by atoms with Crippen LogP contribution in [0, 0.1) is 11.3 Å². The Morgan fingerprint density at radius 3 is 2.86 bits per heavy atom. The first kappa shape index (κ1) is 10.0. The molecule has 1 aromatic rings. The summed E-state index contributed by atoms with van der Waals surface area (Å²) in [6, 6.07) is 6.57. The molecule has 0 radical (unpaired) electrons. The average Bonchev–Trinajstić information content (AvgIpc) is 2.17. The smallest absolute Gasteiger partial charge is 0.337 e. The van der Waals surface area contributed by atoms with Crippen molar-refractivity contribution in [2.45, 2.75) is 6.42 Å². The van der Waals surface area contributed by atoms with Crippen molar-refractivity contribution in [3.63, 3.8) is 0 Å². The third kappa shape index (κ3) is 1.99. The predicted molar refractivity (Wildman–Crippen MR) is 52.0 cm³/mol. The number of nitriles is 1. The van der Waals surface area contributed by atoms with Gasteiger partial charge in [-0.1, -0.05) is 12.1 Å². The van der Waals surface area contributed by atoms with E-state index in [1.807, 2.05) is 6.07 Å². The summed E-state index contributed by atoms with van der Waals surface area (Å²) >= 11 is 0. The summed E-state index contributed by atoms with van der Waals surface area (Å²) < 4.78 is 0. The van der Waals surface area contributed by atoms with Gasteiger partial charge in [0.2, 0.25) is 0 Å². The maximum Gasteiger partial charge on any atom is 0.337 e. The lowest BCUT2D eigenvalue weighted by Crippen LogP contribution is -2.00. The average molecular weight is 187 g/mol. The van der Waals surface area contributed by atoms with Gasteiger partial charge < -0.3 is 5.11 Å². The Morgan fingerprint density at radius 2 is 2.36 bits per heavy atom. The van der Waals surface area contributed by atoms with E-state index in [1.54, 1.807) is 18.2 Å². The van der Waals surface area contributed by atoms with Gasteiger partial charge in [0.1, 0.15) is 6.07 Å². The highest BCUT2D eigenvalue weighted by Gasteiger charge is 2.09. The fourth-order valence-corrected chi connectivity index (χ4v) is 1.16. The highest BCUT2D eigenvalue weighted by atomic mass is 16.4. The van der Waals surface area contributed by atoms with Crippen LogP contribution in [0.25, 0.3) is 0 Å². The van der Waals surface area contributed by atoms with Crippen LogP contribution in [-0.4, -0.2) is 11.1 Å². The summed E-state index contributed by atoms with van der Waals surface area (Å²) in [6.07, 6.45) is 2.34. The Hall–Kier alpha value is -2.08. The van der Waals surface area contributed by atoms with E-state index >= 15 is 0 Å². The number of hydrogen-bond donors (Lipinski definition) is 1. The zero-order chi connectivity index (χ0) is 10.6. The normalized spacial score (nSPS) is 9.07. The molecule has 0 aliphatic carbocycles. The molecule has 0 atom stereocenters. The topological polar surface area (TPSA) is 61.1 Å². The van der Waals surface area contributed by atoms with Gasteiger partial charge in [-0.3, -0.25) is 0 Å². The molecule has 70 valence electrons. The Labute approximate surface area is 81.9 Å². The van der Waals surface area contributed by atoms with E-state index in [4.69, 9.17) is 10.4 Å².